The first-order valence-corrected chi connectivity index (χ1v) is 12.8. The zero-order chi connectivity index (χ0) is 27.7. The molecule has 0 amide bonds. The molecule has 4 aromatic rings. The predicted molar refractivity (Wildman–Crippen MR) is 153 cm³/mol. The Bertz CT molecular complexity index is 1250. The van der Waals surface area contributed by atoms with E-state index in [0.717, 1.165) is 22.3 Å². The van der Waals surface area contributed by atoms with Gasteiger partial charge in [-0.15, -0.1) is 0 Å². The Morgan fingerprint density at radius 2 is 0.842 bits per heavy atom. The standard InChI is InChI=1S/2C17H18O2/c2*1-12-8-9-15(10-13(12)2)16(11-17(18)19)14-6-4-3-5-7-14/h2*3-10,16H,11H2,1-2H3,(H,18,19). The van der Waals surface area contributed by atoms with Crippen molar-refractivity contribution in [3.8, 4) is 0 Å². The molecule has 2 N–H and O–H groups in total. The van der Waals surface area contributed by atoms with Gasteiger partial charge < -0.3 is 10.2 Å². The second-order valence-corrected chi connectivity index (χ2v) is 9.81. The number of carboxylic acids is 2. The van der Waals surface area contributed by atoms with E-state index in [-0.39, 0.29) is 24.7 Å². The molecule has 196 valence electrons. The Kier molecular flexibility index (Phi) is 10.0. The van der Waals surface area contributed by atoms with Gasteiger partial charge in [-0.05, 0) is 72.2 Å². The lowest BCUT2D eigenvalue weighted by molar-refractivity contribution is -0.138. The highest BCUT2D eigenvalue weighted by Gasteiger charge is 2.19. The molecule has 4 aromatic carbocycles. The van der Waals surface area contributed by atoms with Crippen LogP contribution in [0.25, 0.3) is 0 Å². The lowest BCUT2D eigenvalue weighted by Gasteiger charge is -2.17. The third-order valence-corrected chi connectivity index (χ3v) is 7.03. The maximum Gasteiger partial charge on any atom is 0.304 e. The lowest BCUT2D eigenvalue weighted by Crippen LogP contribution is -2.08. The monoisotopic (exact) mass is 508 g/mol. The quantitative estimate of drug-likeness (QED) is 0.254. The van der Waals surface area contributed by atoms with Crippen molar-refractivity contribution in [2.75, 3.05) is 0 Å². The van der Waals surface area contributed by atoms with Crippen LogP contribution in [0.1, 0.15) is 69.2 Å². The summed E-state index contributed by atoms with van der Waals surface area (Å²) in [6.07, 6.45) is 0.235. The number of carbonyl (C=O) groups is 2. The Morgan fingerprint density at radius 3 is 1.13 bits per heavy atom. The summed E-state index contributed by atoms with van der Waals surface area (Å²) in [5.74, 6) is -1.71. The highest BCUT2D eigenvalue weighted by molar-refractivity contribution is 5.69. The van der Waals surface area contributed by atoms with E-state index in [2.05, 4.69) is 52.0 Å². The molecule has 2 atom stereocenters. The van der Waals surface area contributed by atoms with Crippen molar-refractivity contribution in [3.05, 3.63) is 142 Å². The Labute approximate surface area is 225 Å². The highest BCUT2D eigenvalue weighted by Crippen LogP contribution is 2.30. The Balaban J connectivity index is 0.000000211. The molecule has 4 rings (SSSR count). The van der Waals surface area contributed by atoms with Crippen LogP contribution in [0.5, 0.6) is 0 Å². The van der Waals surface area contributed by atoms with Gasteiger partial charge in [0.2, 0.25) is 0 Å². The number of hydrogen-bond acceptors (Lipinski definition) is 2. The van der Waals surface area contributed by atoms with Gasteiger partial charge in [-0.3, -0.25) is 9.59 Å². The summed E-state index contributed by atoms with van der Waals surface area (Å²) in [4.78, 5) is 22.2. The molecular formula is C34H36O4. The lowest BCUT2D eigenvalue weighted by atomic mass is 9.87. The molecule has 2 unspecified atom stereocenters. The summed E-state index contributed by atoms with van der Waals surface area (Å²) in [5.41, 5.74) is 9.08. The summed E-state index contributed by atoms with van der Waals surface area (Å²) in [7, 11) is 0. The van der Waals surface area contributed by atoms with Gasteiger partial charge in [0, 0.05) is 11.8 Å². The predicted octanol–water partition coefficient (Wildman–Crippen LogP) is 7.82. The maximum atomic E-state index is 11.1. The molecule has 0 spiro atoms. The first-order valence-electron chi connectivity index (χ1n) is 12.8. The number of rotatable bonds is 8. The largest absolute Gasteiger partial charge is 0.481 e. The van der Waals surface area contributed by atoms with Crippen LogP contribution in [0, 0.1) is 27.7 Å². The van der Waals surface area contributed by atoms with E-state index in [0.29, 0.717) is 0 Å². The van der Waals surface area contributed by atoms with Crippen LogP contribution in [0.2, 0.25) is 0 Å². The second kappa shape index (κ2) is 13.4. The van der Waals surface area contributed by atoms with Gasteiger partial charge >= 0.3 is 11.9 Å². The smallest absolute Gasteiger partial charge is 0.304 e. The molecule has 0 aliphatic carbocycles. The summed E-state index contributed by atoms with van der Waals surface area (Å²) in [6, 6.07) is 32.0. The molecular weight excluding hydrogens is 472 g/mol. The fourth-order valence-corrected chi connectivity index (χ4v) is 4.54. The van der Waals surface area contributed by atoms with Crippen LogP contribution in [-0.4, -0.2) is 22.2 Å². The molecule has 0 saturated carbocycles. The third-order valence-electron chi connectivity index (χ3n) is 7.03. The number of hydrogen-bond donors (Lipinski definition) is 2. The van der Waals surface area contributed by atoms with E-state index < -0.39 is 11.9 Å². The number of aliphatic carboxylic acids is 2. The van der Waals surface area contributed by atoms with Gasteiger partial charge in [0.1, 0.15) is 0 Å². The SMILES string of the molecule is Cc1ccc(C(CC(=O)O)c2ccccc2)cc1C.Cc1ccc(C(CC(=O)O)c2ccccc2)cc1C. The maximum absolute atomic E-state index is 11.1. The first kappa shape index (κ1) is 28.4. The van der Waals surface area contributed by atoms with Crippen molar-refractivity contribution in [1.29, 1.82) is 0 Å². The van der Waals surface area contributed by atoms with E-state index in [1.165, 1.54) is 22.3 Å². The minimum absolute atomic E-state index is 0.0852. The van der Waals surface area contributed by atoms with Gasteiger partial charge in [0.05, 0.1) is 12.8 Å². The average molecular weight is 509 g/mol. The summed E-state index contributed by atoms with van der Waals surface area (Å²) < 4.78 is 0. The molecule has 0 saturated heterocycles. The van der Waals surface area contributed by atoms with Crippen molar-refractivity contribution in [2.24, 2.45) is 0 Å². The molecule has 0 bridgehead atoms. The molecule has 0 radical (unpaired) electrons. The van der Waals surface area contributed by atoms with Crippen LogP contribution in [-0.2, 0) is 9.59 Å². The van der Waals surface area contributed by atoms with Crippen molar-refractivity contribution < 1.29 is 19.8 Å². The third kappa shape index (κ3) is 7.91. The van der Waals surface area contributed by atoms with Gasteiger partial charge in [0.25, 0.3) is 0 Å². The van der Waals surface area contributed by atoms with Gasteiger partial charge in [-0.25, -0.2) is 0 Å². The molecule has 4 nitrogen and oxygen atoms in total. The summed E-state index contributed by atoms with van der Waals surface area (Å²) in [6.45, 7) is 8.24. The van der Waals surface area contributed by atoms with Gasteiger partial charge in [0.15, 0.2) is 0 Å². The highest BCUT2D eigenvalue weighted by atomic mass is 16.4. The van der Waals surface area contributed by atoms with Crippen LogP contribution in [0.15, 0.2) is 97.1 Å². The second-order valence-electron chi connectivity index (χ2n) is 9.81. The van der Waals surface area contributed by atoms with Crippen LogP contribution < -0.4 is 0 Å². The van der Waals surface area contributed by atoms with Crippen LogP contribution in [0.3, 0.4) is 0 Å². The molecule has 0 fully saturated rings. The molecule has 38 heavy (non-hydrogen) atoms. The van der Waals surface area contributed by atoms with E-state index in [4.69, 9.17) is 10.2 Å². The Hall–Kier alpha value is -4.18. The van der Waals surface area contributed by atoms with Crippen molar-refractivity contribution >= 4 is 11.9 Å². The summed E-state index contributed by atoms with van der Waals surface area (Å²) in [5, 5.41) is 18.3. The van der Waals surface area contributed by atoms with E-state index in [9.17, 15) is 9.59 Å². The van der Waals surface area contributed by atoms with Crippen molar-refractivity contribution in [2.45, 2.75) is 52.4 Å². The minimum Gasteiger partial charge on any atom is -0.481 e. The summed E-state index contributed by atoms with van der Waals surface area (Å²) >= 11 is 0. The molecule has 4 heteroatoms. The molecule has 0 aliphatic rings. The first-order chi connectivity index (χ1) is 18.2. The molecule has 0 heterocycles. The van der Waals surface area contributed by atoms with Gasteiger partial charge in [-0.1, -0.05) is 97.1 Å². The van der Waals surface area contributed by atoms with Crippen molar-refractivity contribution in [1.82, 2.24) is 0 Å². The fraction of sp³-hybridized carbons (Fsp3) is 0.235. The minimum atomic E-state index is -0.771. The topological polar surface area (TPSA) is 74.6 Å². The van der Waals surface area contributed by atoms with Crippen LogP contribution in [0.4, 0.5) is 0 Å². The van der Waals surface area contributed by atoms with E-state index >= 15 is 0 Å². The van der Waals surface area contributed by atoms with Gasteiger partial charge in [-0.2, -0.15) is 0 Å². The molecule has 0 aromatic heterocycles. The zero-order valence-corrected chi connectivity index (χ0v) is 22.5. The van der Waals surface area contributed by atoms with Crippen molar-refractivity contribution in [3.63, 3.8) is 0 Å². The number of benzene rings is 4. The number of carboxylic acid groups (broad SMARTS) is 2. The molecule has 0 aliphatic heterocycles. The fourth-order valence-electron chi connectivity index (χ4n) is 4.54. The zero-order valence-electron chi connectivity index (χ0n) is 22.5. The van der Waals surface area contributed by atoms with E-state index in [1.54, 1.807) is 0 Å². The normalized spacial score (nSPS) is 12.1. The van der Waals surface area contributed by atoms with Crippen LogP contribution >= 0.6 is 0 Å². The van der Waals surface area contributed by atoms with E-state index in [1.807, 2.05) is 72.8 Å². The average Bonchev–Trinajstić information content (AvgIpc) is 2.90. The Morgan fingerprint density at radius 1 is 0.500 bits per heavy atom. The number of aryl methyl sites for hydroxylation is 4.